The number of aliphatic hydroxyl groups excluding tert-OH is 1. The molecule has 259 valence electrons. The zero-order chi connectivity index (χ0) is 34.5. The minimum absolute atomic E-state index is 0. The Morgan fingerprint density at radius 3 is 2.08 bits per heavy atom. The van der Waals surface area contributed by atoms with Gasteiger partial charge in [0.2, 0.25) is 0 Å². The Morgan fingerprint density at radius 1 is 0.854 bits per heavy atom. The molecule has 1 N–H and O–H groups in total. The van der Waals surface area contributed by atoms with E-state index in [1.807, 2.05) is 45.2 Å². The first kappa shape index (κ1) is 39.6. The molecule has 2 heterocycles. The molecule has 0 bridgehead atoms. The summed E-state index contributed by atoms with van der Waals surface area (Å²) in [6, 6.07) is 21.3. The van der Waals surface area contributed by atoms with Crippen LogP contribution in [0.4, 0.5) is 0 Å². The van der Waals surface area contributed by atoms with Crippen LogP contribution in [-0.2, 0) is 36.7 Å². The van der Waals surface area contributed by atoms with Gasteiger partial charge in [0, 0.05) is 54.6 Å². The van der Waals surface area contributed by atoms with E-state index in [0.717, 1.165) is 48.7 Å². The van der Waals surface area contributed by atoms with Crippen LogP contribution in [0.15, 0.2) is 71.9 Å². The number of rotatable bonds is 9. The average Bonchev–Trinajstić information content (AvgIpc) is 3.42. The van der Waals surface area contributed by atoms with Crippen molar-refractivity contribution in [3.8, 4) is 11.3 Å². The van der Waals surface area contributed by atoms with Gasteiger partial charge in [0.15, 0.2) is 5.78 Å². The molecule has 0 amide bonds. The van der Waals surface area contributed by atoms with Gasteiger partial charge in [0.25, 0.3) is 0 Å². The van der Waals surface area contributed by atoms with E-state index >= 15 is 0 Å². The zero-order valence-corrected chi connectivity index (χ0v) is 33.8. The number of hydrogen-bond donors (Lipinski definition) is 1. The predicted molar refractivity (Wildman–Crippen MR) is 205 cm³/mol. The molecule has 0 saturated heterocycles. The second kappa shape index (κ2) is 16.7. The molecule has 5 rings (SSSR count). The van der Waals surface area contributed by atoms with Gasteiger partial charge in [-0.3, -0.25) is 9.78 Å². The van der Waals surface area contributed by atoms with E-state index in [4.69, 9.17) is 4.98 Å². The number of carbonyl (C=O) groups excluding carboxylic acids is 1. The van der Waals surface area contributed by atoms with Crippen LogP contribution in [0, 0.1) is 23.3 Å². The van der Waals surface area contributed by atoms with E-state index in [0.29, 0.717) is 0 Å². The normalized spacial score (nSPS) is 12.5. The van der Waals surface area contributed by atoms with Gasteiger partial charge in [-0.05, 0) is 76.1 Å². The van der Waals surface area contributed by atoms with E-state index < -0.39 is 0 Å². The van der Waals surface area contributed by atoms with E-state index in [2.05, 4.69) is 102 Å². The molecule has 0 unspecified atom stereocenters. The molecular weight excluding hydrogens is 787 g/mol. The predicted octanol–water partition coefficient (Wildman–Crippen LogP) is 12.8. The first-order chi connectivity index (χ1) is 22.2. The van der Waals surface area contributed by atoms with Crippen LogP contribution in [-0.4, -0.2) is 15.9 Å². The fourth-order valence-corrected chi connectivity index (χ4v) is 7.58. The second-order valence-electron chi connectivity index (χ2n) is 15.1. The van der Waals surface area contributed by atoms with Crippen molar-refractivity contribution in [2.24, 2.45) is 17.3 Å². The molecule has 0 saturated carbocycles. The molecule has 5 aromatic rings. The summed E-state index contributed by atoms with van der Waals surface area (Å²) < 4.78 is 1.36. The molecule has 2 aromatic heterocycles. The van der Waals surface area contributed by atoms with Gasteiger partial charge < -0.3 is 5.11 Å². The summed E-state index contributed by atoms with van der Waals surface area (Å²) in [5.41, 5.74) is 5.19. The maximum absolute atomic E-state index is 11.7. The third-order valence-electron chi connectivity index (χ3n) is 9.20. The Labute approximate surface area is 306 Å². The molecule has 0 atom stereocenters. The van der Waals surface area contributed by atoms with Crippen molar-refractivity contribution in [2.75, 3.05) is 0 Å². The Balaban J connectivity index is 0.000000334. The summed E-state index contributed by atoms with van der Waals surface area (Å²) >= 11 is 1.86. The third-order valence-corrected chi connectivity index (χ3v) is 10.3. The van der Waals surface area contributed by atoms with Gasteiger partial charge in [-0.2, -0.15) is 0 Å². The summed E-state index contributed by atoms with van der Waals surface area (Å²) in [7, 11) is 0. The molecule has 0 aliphatic carbocycles. The van der Waals surface area contributed by atoms with Crippen LogP contribution >= 0.6 is 11.3 Å². The molecule has 0 aliphatic heterocycles. The molecule has 3 nitrogen and oxygen atoms in total. The number of nitrogens with zero attached hydrogens (tertiary/aromatic N) is 1. The van der Waals surface area contributed by atoms with Crippen LogP contribution in [0.2, 0.25) is 0 Å². The summed E-state index contributed by atoms with van der Waals surface area (Å²) in [5.74, 6) is 0.547. The number of aromatic nitrogens is 1. The van der Waals surface area contributed by atoms with Gasteiger partial charge in [-0.25, -0.2) is 0 Å². The summed E-state index contributed by atoms with van der Waals surface area (Å²) in [6.45, 7) is 21.8. The van der Waals surface area contributed by atoms with Crippen molar-refractivity contribution < 1.29 is 30.0 Å². The van der Waals surface area contributed by atoms with Crippen LogP contribution < -0.4 is 0 Å². The first-order valence-electron chi connectivity index (χ1n) is 17.4. The topological polar surface area (TPSA) is 50.2 Å². The second-order valence-corrected chi connectivity index (χ2v) is 16.0. The van der Waals surface area contributed by atoms with Gasteiger partial charge in [-0.1, -0.05) is 111 Å². The van der Waals surface area contributed by atoms with E-state index in [1.165, 1.54) is 43.4 Å². The number of ketones is 1. The number of carbonyl (C=O) groups is 1. The Morgan fingerprint density at radius 2 is 1.48 bits per heavy atom. The number of hydrogen-bond acceptors (Lipinski definition) is 4. The first-order valence-corrected chi connectivity index (χ1v) is 18.3. The van der Waals surface area contributed by atoms with Crippen molar-refractivity contribution in [1.82, 2.24) is 4.98 Å². The minimum Gasteiger partial charge on any atom is -0.512 e. The number of fused-ring (bicyclic) bond motifs is 4. The van der Waals surface area contributed by atoms with Crippen LogP contribution in [0.1, 0.15) is 106 Å². The minimum atomic E-state index is 0. The van der Waals surface area contributed by atoms with Crippen LogP contribution in [0.5, 0.6) is 0 Å². The fraction of sp³-hybridized carbons (Fsp3) is 0.442. The van der Waals surface area contributed by atoms with Gasteiger partial charge >= 0.3 is 0 Å². The molecule has 0 aliphatic rings. The summed E-state index contributed by atoms with van der Waals surface area (Å²) in [5, 5.41) is 18.4. The maximum Gasteiger partial charge on any atom is 0.162 e. The van der Waals surface area contributed by atoms with Crippen LogP contribution in [0.3, 0.4) is 0 Å². The van der Waals surface area contributed by atoms with E-state index in [9.17, 15) is 9.90 Å². The largest absolute Gasteiger partial charge is 0.512 e. The van der Waals surface area contributed by atoms with Crippen LogP contribution in [0.25, 0.3) is 42.9 Å². The van der Waals surface area contributed by atoms with Crippen molar-refractivity contribution in [1.29, 1.82) is 0 Å². The van der Waals surface area contributed by atoms with E-state index in [1.54, 1.807) is 0 Å². The SMILES string of the molecule is CC(C)(C)Cc1csc2c1ccc1c(-c3[c-]c4ccccc4c(C(C)(C)C)c3)nccc12.CCC(CC)C(=O)/C=C(\O)C(CC)CC.[Ir]. The fourth-order valence-electron chi connectivity index (χ4n) is 6.48. The average molecular weight is 841 g/mol. The van der Waals surface area contributed by atoms with Crippen molar-refractivity contribution in [3.05, 3.63) is 89.1 Å². The van der Waals surface area contributed by atoms with Gasteiger partial charge in [0.05, 0.1) is 5.76 Å². The molecule has 5 heteroatoms. The molecule has 1 radical (unpaired) electrons. The van der Waals surface area contributed by atoms with Crippen molar-refractivity contribution in [3.63, 3.8) is 0 Å². The smallest absolute Gasteiger partial charge is 0.162 e. The van der Waals surface area contributed by atoms with E-state index in [-0.39, 0.29) is 54.3 Å². The summed E-state index contributed by atoms with van der Waals surface area (Å²) in [6.07, 6.45) is 7.95. The molecule has 48 heavy (non-hydrogen) atoms. The molecule has 0 spiro atoms. The zero-order valence-electron chi connectivity index (χ0n) is 30.6. The maximum atomic E-state index is 11.7. The number of allylic oxidation sites excluding steroid dienone is 2. The summed E-state index contributed by atoms with van der Waals surface area (Å²) in [4.78, 5) is 16.6. The molecule has 0 fully saturated rings. The van der Waals surface area contributed by atoms with Gasteiger partial charge in [-0.15, -0.1) is 40.5 Å². The number of thiophene rings is 1. The Kier molecular flexibility index (Phi) is 13.8. The number of pyridine rings is 1. The number of aliphatic hydroxyl groups is 1. The standard InChI is InChI=1S/C30H30NS.C13H24O2.Ir/c1-29(2,3)17-21-18-32-28-23(21)11-12-24-25(28)13-14-31-27(24)20-15-19-9-7-8-10-22(19)26(16-20)30(4,5)6;1-5-10(6-2)12(14)9-13(15)11(7-3)8-4;/h7-14,16,18H,17H2,1-6H3;9-11,14H,5-8H2,1-4H3;/q-1;;/b;12-9-;. The number of benzene rings is 3. The Hall–Kier alpha value is -2.85. The van der Waals surface area contributed by atoms with Crippen molar-refractivity contribution in [2.45, 2.75) is 107 Å². The van der Waals surface area contributed by atoms with Gasteiger partial charge in [0.1, 0.15) is 0 Å². The monoisotopic (exact) mass is 841 g/mol. The Bertz CT molecular complexity index is 1860. The quantitative estimate of drug-likeness (QED) is 0.0914. The molecular formula is C43H54IrNO2S-. The molecule has 3 aromatic carbocycles. The third kappa shape index (κ3) is 9.23. The van der Waals surface area contributed by atoms with Crippen molar-refractivity contribution >= 4 is 48.8 Å².